The summed E-state index contributed by atoms with van der Waals surface area (Å²) < 4.78 is 60.8. The van der Waals surface area contributed by atoms with Gasteiger partial charge in [-0.15, -0.1) is 0 Å². The zero-order chi connectivity index (χ0) is 20.1. The maximum Gasteiger partial charge on any atom is 0.417 e. The van der Waals surface area contributed by atoms with Crippen LogP contribution in [0.2, 0.25) is 0 Å². The van der Waals surface area contributed by atoms with Crippen LogP contribution >= 0.6 is 0 Å². The van der Waals surface area contributed by atoms with Crippen molar-refractivity contribution in [1.82, 2.24) is 9.38 Å². The van der Waals surface area contributed by atoms with Gasteiger partial charge in [-0.05, 0) is 24.3 Å². The van der Waals surface area contributed by atoms with Crippen molar-refractivity contribution in [2.75, 3.05) is 12.4 Å². The molecule has 0 aliphatic carbocycles. The molecule has 0 unspecified atom stereocenters. The van der Waals surface area contributed by atoms with Crippen LogP contribution in [0.15, 0.2) is 53.7 Å². The van der Waals surface area contributed by atoms with E-state index >= 15 is 0 Å². The van der Waals surface area contributed by atoms with Gasteiger partial charge in [-0.25, -0.2) is 4.39 Å². The minimum absolute atomic E-state index is 0.0915. The monoisotopic (exact) mass is 391 g/mol. The summed E-state index contributed by atoms with van der Waals surface area (Å²) in [4.78, 5) is 14.7. The first-order chi connectivity index (χ1) is 13.3. The van der Waals surface area contributed by atoms with Gasteiger partial charge in [0.2, 0.25) is 0 Å². The maximum atomic E-state index is 14.3. The topological polar surface area (TPSA) is 58.5 Å². The Bertz CT molecular complexity index is 1260. The molecule has 0 aliphatic heterocycles. The van der Waals surface area contributed by atoms with Crippen LogP contribution in [-0.2, 0) is 6.18 Å². The van der Waals surface area contributed by atoms with Gasteiger partial charge in [0.1, 0.15) is 17.4 Å². The fraction of sp³-hybridized carbons (Fsp3) is 0.105. The molecule has 2 N–H and O–H groups in total. The van der Waals surface area contributed by atoms with Crippen LogP contribution in [0, 0.1) is 5.82 Å². The average molecular weight is 391 g/mol. The number of hydrogen-bond acceptors (Lipinski definition) is 3. The number of rotatable bonds is 3. The van der Waals surface area contributed by atoms with Crippen LogP contribution in [0.25, 0.3) is 16.3 Å². The molecule has 0 spiro atoms. The highest BCUT2D eigenvalue weighted by molar-refractivity contribution is 6.04. The molecule has 2 aromatic carbocycles. The first-order valence-corrected chi connectivity index (χ1v) is 8.12. The van der Waals surface area contributed by atoms with Gasteiger partial charge in [0.05, 0.1) is 23.9 Å². The largest absolute Gasteiger partial charge is 0.497 e. The summed E-state index contributed by atoms with van der Waals surface area (Å²) >= 11 is 0. The third-order valence-electron chi connectivity index (χ3n) is 4.38. The molecular formula is C19H13F4N3O2. The first-order valence-electron chi connectivity index (χ1n) is 8.12. The third kappa shape index (κ3) is 2.94. The van der Waals surface area contributed by atoms with E-state index in [4.69, 9.17) is 4.74 Å². The number of anilines is 2. The molecule has 0 atom stereocenters. The number of ether oxygens (including phenoxy) is 1. The zero-order valence-corrected chi connectivity index (χ0v) is 14.4. The summed E-state index contributed by atoms with van der Waals surface area (Å²) in [6.45, 7) is 0. The fourth-order valence-electron chi connectivity index (χ4n) is 3.14. The van der Waals surface area contributed by atoms with Gasteiger partial charge >= 0.3 is 6.18 Å². The highest BCUT2D eigenvalue weighted by Gasteiger charge is 2.34. The standard InChI is InChI=1S/C19H13F4N3O2/c1-28-11-2-3-16(15(20)8-11)25-18-17-12-6-10(27)7-14(19(21,22)23)13(12)9-26(17)5-4-24-18/h2-9,24-25H,1H3. The summed E-state index contributed by atoms with van der Waals surface area (Å²) in [6.07, 6.45) is -0.393. The number of aromatic nitrogens is 2. The molecule has 0 radical (unpaired) electrons. The number of alkyl halides is 3. The molecule has 4 rings (SSSR count). The van der Waals surface area contributed by atoms with Gasteiger partial charge in [0.15, 0.2) is 5.43 Å². The molecule has 9 heteroatoms. The van der Waals surface area contributed by atoms with E-state index in [1.54, 1.807) is 6.07 Å². The first kappa shape index (κ1) is 17.9. The van der Waals surface area contributed by atoms with E-state index in [9.17, 15) is 22.4 Å². The molecule has 2 heterocycles. The number of nitrogens with zero attached hydrogens (tertiary/aromatic N) is 1. The van der Waals surface area contributed by atoms with E-state index in [-0.39, 0.29) is 27.8 Å². The summed E-state index contributed by atoms with van der Waals surface area (Å²) in [5.41, 5.74) is -1.40. The normalized spacial score (nSPS) is 11.9. The van der Waals surface area contributed by atoms with Crippen LogP contribution in [0.4, 0.5) is 29.1 Å². The number of fused-ring (bicyclic) bond motifs is 3. The van der Waals surface area contributed by atoms with Gasteiger partial charge < -0.3 is 19.4 Å². The Hall–Kier alpha value is -3.49. The Morgan fingerprint density at radius 3 is 2.61 bits per heavy atom. The second-order valence-corrected chi connectivity index (χ2v) is 6.12. The van der Waals surface area contributed by atoms with Gasteiger partial charge in [-0.3, -0.25) is 4.79 Å². The van der Waals surface area contributed by atoms with E-state index in [0.29, 0.717) is 11.8 Å². The predicted molar refractivity (Wildman–Crippen MR) is 96.8 cm³/mol. The molecule has 0 aliphatic rings. The van der Waals surface area contributed by atoms with Crippen molar-refractivity contribution >= 4 is 27.8 Å². The highest BCUT2D eigenvalue weighted by atomic mass is 19.4. The Morgan fingerprint density at radius 2 is 1.93 bits per heavy atom. The molecular weight excluding hydrogens is 378 g/mol. The lowest BCUT2D eigenvalue weighted by molar-refractivity contribution is -0.136. The maximum absolute atomic E-state index is 14.3. The SMILES string of the molecule is COc1ccc(Nc2[nH]ccn3cc4c(C(F)(F)F)cc(=O)cc4c23)c(F)c1. The number of aromatic amines is 1. The lowest BCUT2D eigenvalue weighted by Crippen LogP contribution is -2.10. The summed E-state index contributed by atoms with van der Waals surface area (Å²) in [5, 5.41) is 2.82. The summed E-state index contributed by atoms with van der Waals surface area (Å²) in [5.74, 6) is -0.0457. The summed E-state index contributed by atoms with van der Waals surface area (Å²) in [6, 6.07) is 5.86. The molecule has 2 aromatic heterocycles. The van der Waals surface area contributed by atoms with E-state index in [1.807, 2.05) is 0 Å². The van der Waals surface area contributed by atoms with Crippen LogP contribution in [0.5, 0.6) is 5.75 Å². The highest BCUT2D eigenvalue weighted by Crippen LogP contribution is 2.37. The molecule has 0 bridgehead atoms. The minimum Gasteiger partial charge on any atom is -0.497 e. The molecule has 4 aromatic rings. The van der Waals surface area contributed by atoms with Crippen molar-refractivity contribution < 1.29 is 22.3 Å². The Morgan fingerprint density at radius 1 is 1.14 bits per heavy atom. The van der Waals surface area contributed by atoms with Gasteiger partial charge in [-0.2, -0.15) is 13.2 Å². The van der Waals surface area contributed by atoms with Crippen LogP contribution in [-0.4, -0.2) is 16.5 Å². The quantitative estimate of drug-likeness (QED) is 0.498. The number of halogens is 4. The number of methoxy groups -OCH3 is 1. The second-order valence-electron chi connectivity index (χ2n) is 6.12. The molecule has 28 heavy (non-hydrogen) atoms. The van der Waals surface area contributed by atoms with E-state index in [1.165, 1.54) is 42.2 Å². The molecule has 5 nitrogen and oxygen atoms in total. The molecule has 0 amide bonds. The Balaban J connectivity index is 1.95. The molecule has 144 valence electrons. The summed E-state index contributed by atoms with van der Waals surface area (Å²) in [7, 11) is 1.40. The smallest absolute Gasteiger partial charge is 0.417 e. The van der Waals surface area contributed by atoms with E-state index in [0.717, 1.165) is 6.07 Å². The fourth-order valence-corrected chi connectivity index (χ4v) is 3.14. The van der Waals surface area contributed by atoms with Gasteiger partial charge in [0, 0.05) is 35.4 Å². The number of benzene rings is 2. The molecule has 0 saturated heterocycles. The minimum atomic E-state index is -4.68. The number of H-pyrrole nitrogens is 1. The van der Waals surface area contributed by atoms with Crippen molar-refractivity contribution in [3.63, 3.8) is 0 Å². The van der Waals surface area contributed by atoms with Crippen molar-refractivity contribution in [2.24, 2.45) is 0 Å². The van der Waals surface area contributed by atoms with Crippen molar-refractivity contribution in [3.05, 3.63) is 70.5 Å². The van der Waals surface area contributed by atoms with E-state index in [2.05, 4.69) is 10.3 Å². The van der Waals surface area contributed by atoms with Gasteiger partial charge in [0.25, 0.3) is 0 Å². The predicted octanol–water partition coefficient (Wildman–Crippen LogP) is 4.69. The lowest BCUT2D eigenvalue weighted by atomic mass is 10.1. The third-order valence-corrected chi connectivity index (χ3v) is 4.38. The van der Waals surface area contributed by atoms with Crippen molar-refractivity contribution in [3.8, 4) is 5.75 Å². The number of nitrogens with one attached hydrogen (secondary N) is 2. The van der Waals surface area contributed by atoms with Crippen LogP contribution in [0.1, 0.15) is 5.56 Å². The van der Waals surface area contributed by atoms with Crippen molar-refractivity contribution in [2.45, 2.75) is 6.18 Å². The van der Waals surface area contributed by atoms with Crippen molar-refractivity contribution in [1.29, 1.82) is 0 Å². The second kappa shape index (κ2) is 6.29. The van der Waals surface area contributed by atoms with Crippen LogP contribution in [0.3, 0.4) is 0 Å². The Kier molecular flexibility index (Phi) is 4.02. The van der Waals surface area contributed by atoms with E-state index < -0.39 is 23.0 Å². The number of hydrogen-bond donors (Lipinski definition) is 2. The Labute approximate surface area is 155 Å². The van der Waals surface area contributed by atoms with Gasteiger partial charge in [-0.1, -0.05) is 0 Å². The van der Waals surface area contributed by atoms with Crippen LogP contribution < -0.4 is 15.5 Å². The average Bonchev–Trinajstić information content (AvgIpc) is 3.01. The molecule has 0 fully saturated rings. The molecule has 0 saturated carbocycles. The lowest BCUT2D eigenvalue weighted by Gasteiger charge is -2.11. The zero-order valence-electron chi connectivity index (χ0n) is 14.4.